The van der Waals surface area contributed by atoms with E-state index in [0.29, 0.717) is 15.6 Å². The molecular formula is C14H8Cl3N3O3. The third-order valence-corrected chi connectivity index (χ3v) is 3.91. The monoisotopic (exact) mass is 371 g/mol. The molecule has 118 valence electrons. The molecule has 23 heavy (non-hydrogen) atoms. The molecular weight excluding hydrogens is 365 g/mol. The maximum absolute atomic E-state index is 11.9. The van der Waals surface area contributed by atoms with Gasteiger partial charge in [0, 0.05) is 23.3 Å². The summed E-state index contributed by atoms with van der Waals surface area (Å²) >= 11 is 17.8. The summed E-state index contributed by atoms with van der Waals surface area (Å²) in [6, 6.07) is 8.33. The Balaban J connectivity index is 2.15. The summed E-state index contributed by atoms with van der Waals surface area (Å²) < 4.78 is 0. The first-order valence-electron chi connectivity index (χ1n) is 6.11. The van der Waals surface area contributed by atoms with Crippen molar-refractivity contribution < 1.29 is 9.72 Å². The number of hydrogen-bond donors (Lipinski definition) is 1. The fourth-order valence-corrected chi connectivity index (χ4v) is 2.27. The maximum Gasteiger partial charge on any atom is 0.271 e. The molecule has 0 aliphatic carbocycles. The molecule has 2 aromatic rings. The van der Waals surface area contributed by atoms with E-state index in [4.69, 9.17) is 34.8 Å². The van der Waals surface area contributed by atoms with Gasteiger partial charge in [0.2, 0.25) is 0 Å². The van der Waals surface area contributed by atoms with Gasteiger partial charge in [-0.15, -0.1) is 0 Å². The van der Waals surface area contributed by atoms with Crippen LogP contribution in [-0.2, 0) is 0 Å². The van der Waals surface area contributed by atoms with E-state index in [0.717, 1.165) is 6.07 Å². The van der Waals surface area contributed by atoms with Gasteiger partial charge in [-0.2, -0.15) is 5.10 Å². The second kappa shape index (κ2) is 7.41. The average molecular weight is 373 g/mol. The largest absolute Gasteiger partial charge is 0.271 e. The van der Waals surface area contributed by atoms with E-state index in [1.54, 1.807) is 6.07 Å². The lowest BCUT2D eigenvalue weighted by molar-refractivity contribution is -0.384. The van der Waals surface area contributed by atoms with Crippen molar-refractivity contribution in [3.63, 3.8) is 0 Å². The van der Waals surface area contributed by atoms with Gasteiger partial charge in [-0.05, 0) is 18.2 Å². The van der Waals surface area contributed by atoms with Crippen LogP contribution in [0.3, 0.4) is 0 Å². The van der Waals surface area contributed by atoms with Crippen LogP contribution in [0.4, 0.5) is 5.69 Å². The molecule has 0 aromatic heterocycles. The topological polar surface area (TPSA) is 84.6 Å². The van der Waals surface area contributed by atoms with Crippen molar-refractivity contribution in [2.45, 2.75) is 0 Å². The molecule has 0 heterocycles. The van der Waals surface area contributed by atoms with Crippen LogP contribution in [0, 0.1) is 10.1 Å². The van der Waals surface area contributed by atoms with E-state index in [1.165, 1.54) is 30.5 Å². The molecule has 0 bridgehead atoms. The fourth-order valence-electron chi connectivity index (χ4n) is 1.64. The number of rotatable bonds is 4. The summed E-state index contributed by atoms with van der Waals surface area (Å²) in [5.74, 6) is -0.612. The zero-order chi connectivity index (χ0) is 17.0. The SMILES string of the molecule is O=C(N/N=C/c1c(Cl)ccc(Cl)c1Cl)c1cccc([N+](=O)[O-])c1. The van der Waals surface area contributed by atoms with E-state index < -0.39 is 10.8 Å². The molecule has 9 heteroatoms. The first-order valence-corrected chi connectivity index (χ1v) is 7.25. The van der Waals surface area contributed by atoms with Gasteiger partial charge in [-0.25, -0.2) is 5.43 Å². The normalized spacial score (nSPS) is 10.7. The summed E-state index contributed by atoms with van der Waals surface area (Å²) in [6.07, 6.45) is 1.24. The number of nitro benzene ring substituents is 1. The molecule has 0 fully saturated rings. The number of halogens is 3. The van der Waals surface area contributed by atoms with Gasteiger partial charge in [0.15, 0.2) is 0 Å². The van der Waals surface area contributed by atoms with Crippen LogP contribution in [0.1, 0.15) is 15.9 Å². The molecule has 1 N–H and O–H groups in total. The Bertz CT molecular complexity index is 809. The van der Waals surface area contributed by atoms with E-state index in [-0.39, 0.29) is 16.3 Å². The van der Waals surface area contributed by atoms with Crippen molar-refractivity contribution >= 4 is 52.6 Å². The van der Waals surface area contributed by atoms with E-state index in [1.807, 2.05) is 0 Å². The lowest BCUT2D eigenvalue weighted by atomic mass is 10.2. The number of nitrogens with one attached hydrogen (secondary N) is 1. The second-order valence-electron chi connectivity index (χ2n) is 4.26. The van der Waals surface area contributed by atoms with Crippen molar-refractivity contribution in [2.24, 2.45) is 5.10 Å². The van der Waals surface area contributed by atoms with E-state index >= 15 is 0 Å². The molecule has 0 aliphatic rings. The summed E-state index contributed by atoms with van der Waals surface area (Å²) in [5.41, 5.74) is 2.49. The highest BCUT2D eigenvalue weighted by atomic mass is 35.5. The van der Waals surface area contributed by atoms with Gasteiger partial charge in [0.1, 0.15) is 0 Å². The first kappa shape index (κ1) is 17.2. The molecule has 2 rings (SSSR count). The number of hydrogen-bond acceptors (Lipinski definition) is 4. The van der Waals surface area contributed by atoms with Crippen molar-refractivity contribution in [2.75, 3.05) is 0 Å². The standard InChI is InChI=1S/C14H8Cl3N3O3/c15-11-4-5-12(16)13(17)10(11)7-18-19-14(21)8-2-1-3-9(6-8)20(22)23/h1-7H,(H,19,21)/b18-7+. The van der Waals surface area contributed by atoms with Gasteiger partial charge in [0.25, 0.3) is 11.6 Å². The summed E-state index contributed by atoms with van der Waals surface area (Å²) in [7, 11) is 0. The number of nitro groups is 1. The van der Waals surface area contributed by atoms with E-state index in [9.17, 15) is 14.9 Å². The number of carbonyl (C=O) groups excluding carboxylic acids is 1. The number of carbonyl (C=O) groups is 1. The van der Waals surface area contributed by atoms with Gasteiger partial charge >= 0.3 is 0 Å². The highest BCUT2D eigenvalue weighted by molar-refractivity contribution is 6.45. The Labute approximate surface area is 145 Å². The number of benzene rings is 2. The number of hydrazone groups is 1. The zero-order valence-corrected chi connectivity index (χ0v) is 13.6. The molecule has 0 saturated heterocycles. The lowest BCUT2D eigenvalue weighted by Gasteiger charge is -2.03. The zero-order valence-electron chi connectivity index (χ0n) is 11.3. The molecule has 0 saturated carbocycles. The van der Waals surface area contributed by atoms with Gasteiger partial charge in [-0.1, -0.05) is 40.9 Å². The molecule has 0 aliphatic heterocycles. The third kappa shape index (κ3) is 4.19. The van der Waals surface area contributed by atoms with Crippen LogP contribution in [0.15, 0.2) is 41.5 Å². The van der Waals surface area contributed by atoms with Gasteiger partial charge in [-0.3, -0.25) is 14.9 Å². The van der Waals surface area contributed by atoms with Crippen LogP contribution in [0.5, 0.6) is 0 Å². The minimum atomic E-state index is -0.612. The Morgan fingerprint density at radius 2 is 1.87 bits per heavy atom. The predicted molar refractivity (Wildman–Crippen MR) is 89.6 cm³/mol. The quantitative estimate of drug-likeness (QED) is 0.375. The van der Waals surface area contributed by atoms with Crippen molar-refractivity contribution in [1.82, 2.24) is 5.43 Å². The number of nitrogens with zero attached hydrogens (tertiary/aromatic N) is 2. The molecule has 0 spiro atoms. The number of amides is 1. The molecule has 2 aromatic carbocycles. The average Bonchev–Trinajstić information content (AvgIpc) is 2.54. The highest BCUT2D eigenvalue weighted by Gasteiger charge is 2.11. The Morgan fingerprint density at radius 1 is 1.17 bits per heavy atom. The Kier molecular flexibility index (Phi) is 5.54. The first-order chi connectivity index (χ1) is 10.9. The van der Waals surface area contributed by atoms with Crippen LogP contribution < -0.4 is 5.43 Å². The molecule has 0 radical (unpaired) electrons. The minimum absolute atomic E-state index is 0.0969. The second-order valence-corrected chi connectivity index (χ2v) is 5.46. The fraction of sp³-hybridized carbons (Fsp3) is 0. The Morgan fingerprint density at radius 3 is 2.57 bits per heavy atom. The van der Waals surface area contributed by atoms with Crippen molar-refractivity contribution in [3.05, 3.63) is 72.7 Å². The number of non-ortho nitro benzene ring substituents is 1. The van der Waals surface area contributed by atoms with Crippen LogP contribution in [0.25, 0.3) is 0 Å². The van der Waals surface area contributed by atoms with Crippen molar-refractivity contribution in [3.8, 4) is 0 Å². The smallest absolute Gasteiger partial charge is 0.267 e. The highest BCUT2D eigenvalue weighted by Crippen LogP contribution is 2.29. The summed E-state index contributed by atoms with van der Waals surface area (Å²) in [4.78, 5) is 22.0. The molecule has 1 amide bonds. The van der Waals surface area contributed by atoms with Crippen molar-refractivity contribution in [1.29, 1.82) is 0 Å². The van der Waals surface area contributed by atoms with Crippen LogP contribution >= 0.6 is 34.8 Å². The molecule has 0 atom stereocenters. The molecule has 6 nitrogen and oxygen atoms in total. The summed E-state index contributed by atoms with van der Waals surface area (Å²) in [5, 5.41) is 15.2. The predicted octanol–water partition coefficient (Wildman–Crippen LogP) is 4.32. The third-order valence-electron chi connectivity index (χ3n) is 2.76. The minimum Gasteiger partial charge on any atom is -0.267 e. The van der Waals surface area contributed by atoms with E-state index in [2.05, 4.69) is 10.5 Å². The van der Waals surface area contributed by atoms with Crippen LogP contribution in [-0.4, -0.2) is 17.0 Å². The van der Waals surface area contributed by atoms with Gasteiger partial charge < -0.3 is 0 Å². The maximum atomic E-state index is 11.9. The van der Waals surface area contributed by atoms with Gasteiger partial charge in [0.05, 0.1) is 26.2 Å². The lowest BCUT2D eigenvalue weighted by Crippen LogP contribution is -2.17. The summed E-state index contributed by atoms with van der Waals surface area (Å²) in [6.45, 7) is 0. The molecule has 0 unspecified atom stereocenters. The Hall–Kier alpha value is -2.15. The van der Waals surface area contributed by atoms with Crippen LogP contribution in [0.2, 0.25) is 15.1 Å².